The zero-order chi connectivity index (χ0) is 12.3. The molecule has 0 aliphatic heterocycles. The van der Waals surface area contributed by atoms with Crippen molar-refractivity contribution in [1.82, 2.24) is 14.9 Å². The zero-order valence-electron chi connectivity index (χ0n) is 9.16. The monoisotopic (exact) mass is 277 g/mol. The number of aromatic nitrogens is 2. The molecule has 2 rings (SSSR count). The Morgan fingerprint density at radius 2 is 2.06 bits per heavy atom. The number of hydrogen-bond donors (Lipinski definition) is 1. The Balaban J connectivity index is 2.01. The third-order valence-electron chi connectivity index (χ3n) is 2.87. The molecule has 3 nitrogen and oxygen atoms in total. The summed E-state index contributed by atoms with van der Waals surface area (Å²) in [5, 5.41) is 6.57. The van der Waals surface area contributed by atoms with Crippen LogP contribution in [-0.2, 0) is 0 Å². The van der Waals surface area contributed by atoms with Gasteiger partial charge in [-0.05, 0) is 24.4 Å². The number of hydrogen-bond acceptors (Lipinski definition) is 4. The summed E-state index contributed by atoms with van der Waals surface area (Å²) in [5.74, 6) is 0. The molecule has 1 fully saturated rings. The van der Waals surface area contributed by atoms with Crippen LogP contribution in [0.15, 0.2) is 0 Å². The molecule has 0 unspecified atom stereocenters. The van der Waals surface area contributed by atoms with E-state index in [1.807, 2.05) is 0 Å². The van der Waals surface area contributed by atoms with Crippen molar-refractivity contribution in [1.29, 1.82) is 0 Å². The van der Waals surface area contributed by atoms with Crippen molar-refractivity contribution in [2.24, 2.45) is 0 Å². The van der Waals surface area contributed by atoms with Crippen LogP contribution < -0.4 is 5.32 Å². The summed E-state index contributed by atoms with van der Waals surface area (Å²) in [6.45, 7) is 0. The van der Waals surface area contributed by atoms with Crippen molar-refractivity contribution < 1.29 is 8.78 Å². The van der Waals surface area contributed by atoms with Gasteiger partial charge >= 0.3 is 0 Å². The van der Waals surface area contributed by atoms with Gasteiger partial charge in [0.15, 0.2) is 5.69 Å². The Labute approximate surface area is 108 Å². The first-order valence-corrected chi connectivity index (χ1v) is 6.78. The maximum absolute atomic E-state index is 12.6. The van der Waals surface area contributed by atoms with Crippen molar-refractivity contribution in [3.63, 3.8) is 0 Å². The Kier molecular flexibility index (Phi) is 4.33. The summed E-state index contributed by atoms with van der Waals surface area (Å²) >= 11 is 6.08. The minimum Gasteiger partial charge on any atom is -0.372 e. The maximum Gasteiger partial charge on any atom is 0.283 e. The van der Waals surface area contributed by atoms with Gasteiger partial charge in [-0.25, -0.2) is 8.78 Å². The second-order valence-corrected chi connectivity index (χ2v) is 5.26. The van der Waals surface area contributed by atoms with E-state index in [-0.39, 0.29) is 5.69 Å². The van der Waals surface area contributed by atoms with E-state index >= 15 is 0 Å². The van der Waals surface area contributed by atoms with E-state index < -0.39 is 6.43 Å². The summed E-state index contributed by atoms with van der Waals surface area (Å²) in [4.78, 5) is 0.669. The van der Waals surface area contributed by atoms with Crippen LogP contribution in [0.5, 0.6) is 0 Å². The molecule has 0 amide bonds. The highest BCUT2D eigenvalue weighted by molar-refractivity contribution is 7.81. The molecule has 1 heterocycles. The molecule has 94 valence electrons. The normalized spacial score (nSPS) is 17.4. The molecule has 17 heavy (non-hydrogen) atoms. The first-order valence-electron chi connectivity index (χ1n) is 5.59. The van der Waals surface area contributed by atoms with Gasteiger partial charge in [-0.3, -0.25) is 0 Å². The molecule has 7 heteroatoms. The molecule has 0 aromatic carbocycles. The van der Waals surface area contributed by atoms with Crippen molar-refractivity contribution in [2.45, 2.75) is 44.6 Å². The van der Waals surface area contributed by atoms with Crippen molar-refractivity contribution in [3.05, 3.63) is 10.6 Å². The highest BCUT2D eigenvalue weighted by Crippen LogP contribution is 2.24. The lowest BCUT2D eigenvalue weighted by atomic mass is 9.95. The zero-order valence-corrected chi connectivity index (χ0v) is 10.8. The van der Waals surface area contributed by atoms with Gasteiger partial charge in [-0.1, -0.05) is 36.0 Å². The first kappa shape index (κ1) is 12.8. The fraction of sp³-hybridized carbons (Fsp3) is 0.700. The van der Waals surface area contributed by atoms with Crippen LogP contribution >= 0.6 is 23.8 Å². The fourth-order valence-electron chi connectivity index (χ4n) is 2.00. The van der Waals surface area contributed by atoms with Crippen LogP contribution in [0.3, 0.4) is 0 Å². The van der Waals surface area contributed by atoms with Gasteiger partial charge in [0.05, 0.1) is 0 Å². The van der Waals surface area contributed by atoms with Crippen LogP contribution in [0.2, 0.25) is 0 Å². The third-order valence-corrected chi connectivity index (χ3v) is 4.08. The molecule has 0 saturated heterocycles. The van der Waals surface area contributed by atoms with Gasteiger partial charge in [0.2, 0.25) is 0 Å². The number of halogens is 2. The quantitative estimate of drug-likeness (QED) is 0.862. The van der Waals surface area contributed by atoms with Crippen LogP contribution in [-0.4, -0.2) is 20.6 Å². The number of nitrogens with one attached hydrogen (secondary N) is 1. The topological polar surface area (TPSA) is 37.8 Å². The van der Waals surface area contributed by atoms with E-state index in [0.717, 1.165) is 24.4 Å². The van der Waals surface area contributed by atoms with Gasteiger partial charge in [-0.2, -0.15) is 0 Å². The van der Waals surface area contributed by atoms with Gasteiger partial charge in [0.1, 0.15) is 9.87 Å². The van der Waals surface area contributed by atoms with Gasteiger partial charge in [0, 0.05) is 6.04 Å². The minimum atomic E-state index is -2.62. The molecule has 1 aromatic heterocycles. The van der Waals surface area contributed by atoms with E-state index in [0.29, 0.717) is 15.9 Å². The lowest BCUT2D eigenvalue weighted by Gasteiger charge is -2.23. The van der Waals surface area contributed by atoms with Crippen molar-refractivity contribution >= 4 is 28.7 Å². The van der Waals surface area contributed by atoms with Crippen LogP contribution in [0.25, 0.3) is 0 Å². The average Bonchev–Trinajstić information content (AvgIpc) is 2.79. The predicted molar refractivity (Wildman–Crippen MR) is 66.6 cm³/mol. The minimum absolute atomic E-state index is 0.302. The molecular formula is C10H13F2N3S2. The van der Waals surface area contributed by atoms with Crippen LogP contribution in [0, 0.1) is 0 Å². The molecule has 1 aliphatic carbocycles. The molecule has 0 radical (unpaired) electrons. The number of thiocarbonyl (C=S) groups is 1. The van der Waals surface area contributed by atoms with Crippen LogP contribution in [0.1, 0.15) is 49.1 Å². The lowest BCUT2D eigenvalue weighted by molar-refractivity contribution is 0.146. The standard InChI is InChI=1S/C10H13F2N3S2/c11-9(12)7-8(17-15-14-7)10(16)13-6-4-2-1-3-5-6/h6,9H,1-5H2,(H,13,16). The highest BCUT2D eigenvalue weighted by atomic mass is 32.1. The number of nitrogens with zero attached hydrogens (tertiary/aromatic N) is 2. The van der Waals surface area contributed by atoms with Crippen LogP contribution in [0.4, 0.5) is 8.78 Å². The predicted octanol–water partition coefficient (Wildman–Crippen LogP) is 3.07. The summed E-state index contributed by atoms with van der Waals surface area (Å²) in [5.41, 5.74) is -0.302. The van der Waals surface area contributed by atoms with Gasteiger partial charge < -0.3 is 5.32 Å². The van der Waals surface area contributed by atoms with Crippen molar-refractivity contribution in [3.8, 4) is 0 Å². The second-order valence-electron chi connectivity index (χ2n) is 4.10. The van der Waals surface area contributed by atoms with E-state index in [4.69, 9.17) is 12.2 Å². The lowest BCUT2D eigenvalue weighted by Crippen LogP contribution is -2.35. The molecular weight excluding hydrogens is 264 g/mol. The van der Waals surface area contributed by atoms with Gasteiger partial charge in [-0.15, -0.1) is 5.10 Å². The summed E-state index contributed by atoms with van der Waals surface area (Å²) in [6, 6.07) is 0.309. The Morgan fingerprint density at radius 3 is 2.71 bits per heavy atom. The molecule has 1 N–H and O–H groups in total. The molecule has 0 bridgehead atoms. The van der Waals surface area contributed by atoms with E-state index in [9.17, 15) is 8.78 Å². The fourth-order valence-corrected chi connectivity index (χ4v) is 2.95. The summed E-state index contributed by atoms with van der Waals surface area (Å²) < 4.78 is 28.8. The van der Waals surface area contributed by atoms with Crippen molar-refractivity contribution in [2.75, 3.05) is 0 Å². The Morgan fingerprint density at radius 1 is 1.35 bits per heavy atom. The maximum atomic E-state index is 12.6. The first-order chi connectivity index (χ1) is 8.18. The smallest absolute Gasteiger partial charge is 0.283 e. The Hall–Kier alpha value is -0.690. The molecule has 0 spiro atoms. The summed E-state index contributed by atoms with van der Waals surface area (Å²) in [7, 11) is 0. The highest BCUT2D eigenvalue weighted by Gasteiger charge is 2.23. The SMILES string of the molecule is FC(F)c1nnsc1C(=S)NC1CCCCC1. The Bertz CT molecular complexity index is 389. The average molecular weight is 277 g/mol. The molecule has 1 saturated carbocycles. The number of rotatable bonds is 3. The van der Waals surface area contributed by atoms with E-state index in [1.165, 1.54) is 19.3 Å². The van der Waals surface area contributed by atoms with E-state index in [1.54, 1.807) is 0 Å². The van der Waals surface area contributed by atoms with Gasteiger partial charge in [0.25, 0.3) is 6.43 Å². The largest absolute Gasteiger partial charge is 0.372 e. The summed E-state index contributed by atoms with van der Waals surface area (Å²) in [6.07, 6.45) is 3.07. The third kappa shape index (κ3) is 3.16. The molecule has 1 aromatic rings. The number of alkyl halides is 2. The second kappa shape index (κ2) is 5.77. The molecule has 0 atom stereocenters. The molecule has 1 aliphatic rings. The van der Waals surface area contributed by atoms with E-state index in [2.05, 4.69) is 14.9 Å².